The van der Waals surface area contributed by atoms with E-state index in [4.69, 9.17) is 10.00 Å². The number of esters is 1. The van der Waals surface area contributed by atoms with Gasteiger partial charge in [-0.25, -0.2) is 4.79 Å². The van der Waals surface area contributed by atoms with E-state index in [1.807, 2.05) is 6.07 Å². The number of hydrogen-bond acceptors (Lipinski definition) is 5. The summed E-state index contributed by atoms with van der Waals surface area (Å²) in [5.41, 5.74) is 2.06. The molecule has 1 aromatic carbocycles. The van der Waals surface area contributed by atoms with E-state index in [9.17, 15) is 14.7 Å². The minimum Gasteiger partial charge on any atom is -0.481 e. The highest BCUT2D eigenvalue weighted by Gasteiger charge is 2.41. The first-order chi connectivity index (χ1) is 11.8. The maximum absolute atomic E-state index is 12.6. The summed E-state index contributed by atoms with van der Waals surface area (Å²) in [6.07, 6.45) is -0.339. The zero-order valence-electron chi connectivity index (χ0n) is 14.6. The average molecular weight is 340 g/mol. The Hall–Kier alpha value is -2.94. The molecule has 25 heavy (non-hydrogen) atoms. The van der Waals surface area contributed by atoms with E-state index in [1.165, 1.54) is 0 Å². The Morgan fingerprint density at radius 3 is 2.56 bits per heavy atom. The van der Waals surface area contributed by atoms with Gasteiger partial charge in [-0.3, -0.25) is 9.79 Å². The van der Waals surface area contributed by atoms with Gasteiger partial charge in [0.25, 0.3) is 0 Å². The van der Waals surface area contributed by atoms with Gasteiger partial charge in [0.2, 0.25) is 0 Å². The van der Waals surface area contributed by atoms with E-state index in [-0.39, 0.29) is 11.7 Å². The number of carbonyl (C=O) groups excluding carboxylic acids is 1. The summed E-state index contributed by atoms with van der Waals surface area (Å²) in [6.45, 7) is 6.75. The summed E-state index contributed by atoms with van der Waals surface area (Å²) in [4.78, 5) is 28.8. The predicted molar refractivity (Wildman–Crippen MR) is 92.1 cm³/mol. The molecule has 0 spiro atoms. The van der Waals surface area contributed by atoms with Gasteiger partial charge < -0.3 is 9.84 Å². The molecule has 0 amide bonds. The highest BCUT2D eigenvalue weighted by atomic mass is 16.5. The first-order valence-electron chi connectivity index (χ1n) is 7.96. The molecule has 130 valence electrons. The van der Waals surface area contributed by atoms with Gasteiger partial charge in [0, 0.05) is 17.3 Å². The molecule has 2 atom stereocenters. The van der Waals surface area contributed by atoms with Crippen LogP contribution in [0.1, 0.15) is 44.7 Å². The topological polar surface area (TPSA) is 99.8 Å². The Labute approximate surface area is 146 Å². The van der Waals surface area contributed by atoms with Crippen LogP contribution in [0.4, 0.5) is 0 Å². The van der Waals surface area contributed by atoms with Crippen molar-refractivity contribution in [2.45, 2.75) is 39.7 Å². The number of aliphatic carboxylic acids is 1. The number of carbonyl (C=O) groups is 2. The molecular formula is C19H20N2O4. The Kier molecular flexibility index (Phi) is 5.38. The molecule has 1 heterocycles. The lowest BCUT2D eigenvalue weighted by Crippen LogP contribution is -2.35. The van der Waals surface area contributed by atoms with Crippen molar-refractivity contribution in [1.29, 1.82) is 5.26 Å². The summed E-state index contributed by atoms with van der Waals surface area (Å²) in [5, 5.41) is 18.9. The van der Waals surface area contributed by atoms with Crippen molar-refractivity contribution in [3.8, 4) is 6.07 Å². The Morgan fingerprint density at radius 1 is 1.32 bits per heavy atom. The lowest BCUT2D eigenvalue weighted by molar-refractivity contribution is -0.143. The third-order valence-corrected chi connectivity index (χ3v) is 4.03. The SMILES string of the molecule is CC1=NC(C)=C(C(=O)OC(C)C)C(c2cccc(C#N)c2)C1C(=O)O. The third-order valence-electron chi connectivity index (χ3n) is 4.03. The van der Waals surface area contributed by atoms with Crippen molar-refractivity contribution in [1.82, 2.24) is 0 Å². The number of hydrogen-bond donors (Lipinski definition) is 1. The number of nitrogens with zero attached hydrogens (tertiary/aromatic N) is 2. The molecule has 1 N–H and O–H groups in total. The van der Waals surface area contributed by atoms with Crippen LogP contribution in [0.3, 0.4) is 0 Å². The molecule has 1 aromatic rings. The maximum atomic E-state index is 12.6. The van der Waals surface area contributed by atoms with Crippen molar-refractivity contribution in [2.24, 2.45) is 10.9 Å². The van der Waals surface area contributed by atoms with Crippen LogP contribution in [0.5, 0.6) is 0 Å². The molecule has 0 aliphatic carbocycles. The van der Waals surface area contributed by atoms with Crippen LogP contribution in [-0.2, 0) is 14.3 Å². The molecule has 2 rings (SSSR count). The van der Waals surface area contributed by atoms with Gasteiger partial charge in [0.1, 0.15) is 5.92 Å². The van der Waals surface area contributed by atoms with Crippen molar-refractivity contribution in [2.75, 3.05) is 0 Å². The minimum absolute atomic E-state index is 0.224. The highest BCUT2D eigenvalue weighted by molar-refractivity contribution is 6.06. The zero-order chi connectivity index (χ0) is 18.7. The van der Waals surface area contributed by atoms with Crippen LogP contribution < -0.4 is 0 Å². The van der Waals surface area contributed by atoms with Gasteiger partial charge in [0.05, 0.1) is 23.3 Å². The number of ether oxygens (including phenoxy) is 1. The minimum atomic E-state index is -1.07. The van der Waals surface area contributed by atoms with Crippen LogP contribution in [0, 0.1) is 17.2 Å². The van der Waals surface area contributed by atoms with Gasteiger partial charge in [-0.1, -0.05) is 12.1 Å². The predicted octanol–water partition coefficient (Wildman–Crippen LogP) is 3.04. The van der Waals surface area contributed by atoms with Crippen molar-refractivity contribution >= 4 is 17.7 Å². The summed E-state index contributed by atoms with van der Waals surface area (Å²) < 4.78 is 5.31. The summed E-state index contributed by atoms with van der Waals surface area (Å²) >= 11 is 0. The van der Waals surface area contributed by atoms with Crippen LogP contribution in [0.2, 0.25) is 0 Å². The third kappa shape index (κ3) is 3.77. The second-order valence-corrected chi connectivity index (χ2v) is 6.24. The van der Waals surface area contributed by atoms with Crippen molar-refractivity contribution in [3.63, 3.8) is 0 Å². The van der Waals surface area contributed by atoms with E-state index in [1.54, 1.807) is 52.0 Å². The van der Waals surface area contributed by atoms with E-state index >= 15 is 0 Å². The fourth-order valence-electron chi connectivity index (χ4n) is 3.06. The molecule has 0 aromatic heterocycles. The summed E-state index contributed by atoms with van der Waals surface area (Å²) in [5.74, 6) is -3.40. The second-order valence-electron chi connectivity index (χ2n) is 6.24. The van der Waals surface area contributed by atoms with Crippen LogP contribution >= 0.6 is 0 Å². The standard InChI is InChI=1S/C19H20N2O4/c1-10(2)25-19(24)16-12(4)21-11(3)15(18(22)23)17(16)14-7-5-6-13(8-14)9-20/h5-8,10,15,17H,1-4H3,(H,22,23). The van der Waals surface area contributed by atoms with Crippen LogP contribution in [0.25, 0.3) is 0 Å². The fraction of sp³-hybridized carbons (Fsp3) is 0.368. The summed E-state index contributed by atoms with van der Waals surface area (Å²) in [6, 6.07) is 8.67. The first kappa shape index (κ1) is 18.4. The Balaban J connectivity index is 2.66. The Bertz CT molecular complexity index is 815. The second kappa shape index (κ2) is 7.31. The molecule has 1 aliphatic heterocycles. The van der Waals surface area contributed by atoms with Gasteiger partial charge in [0.15, 0.2) is 0 Å². The molecule has 0 bridgehead atoms. The zero-order valence-corrected chi connectivity index (χ0v) is 14.6. The van der Waals surface area contributed by atoms with Gasteiger partial charge in [-0.15, -0.1) is 0 Å². The number of rotatable bonds is 4. The van der Waals surface area contributed by atoms with Crippen molar-refractivity contribution in [3.05, 3.63) is 46.7 Å². The number of benzene rings is 1. The molecule has 2 unspecified atom stereocenters. The molecule has 0 saturated heterocycles. The van der Waals surface area contributed by atoms with Crippen LogP contribution in [-0.4, -0.2) is 28.9 Å². The van der Waals surface area contributed by atoms with Crippen LogP contribution in [0.15, 0.2) is 40.5 Å². The number of nitriles is 1. The smallest absolute Gasteiger partial charge is 0.336 e. The van der Waals surface area contributed by atoms with E-state index in [0.29, 0.717) is 22.5 Å². The molecule has 0 fully saturated rings. The quantitative estimate of drug-likeness (QED) is 0.849. The summed E-state index contributed by atoms with van der Waals surface area (Å²) in [7, 11) is 0. The van der Waals surface area contributed by atoms with E-state index < -0.39 is 23.8 Å². The average Bonchev–Trinajstić information content (AvgIpc) is 2.52. The Morgan fingerprint density at radius 2 is 2.00 bits per heavy atom. The maximum Gasteiger partial charge on any atom is 0.336 e. The lowest BCUT2D eigenvalue weighted by Gasteiger charge is -2.30. The number of carboxylic acids is 1. The molecule has 1 aliphatic rings. The van der Waals surface area contributed by atoms with Gasteiger partial charge in [-0.2, -0.15) is 5.26 Å². The molecule has 0 saturated carbocycles. The molecular weight excluding hydrogens is 320 g/mol. The number of aliphatic imine (C=N–C) groups is 1. The molecule has 6 nitrogen and oxygen atoms in total. The van der Waals surface area contributed by atoms with Gasteiger partial charge in [-0.05, 0) is 45.4 Å². The van der Waals surface area contributed by atoms with Crippen molar-refractivity contribution < 1.29 is 19.4 Å². The fourth-order valence-corrected chi connectivity index (χ4v) is 3.06. The number of carboxylic acid groups (broad SMARTS) is 1. The first-order valence-corrected chi connectivity index (χ1v) is 7.96. The monoisotopic (exact) mass is 340 g/mol. The lowest BCUT2D eigenvalue weighted by atomic mass is 9.75. The largest absolute Gasteiger partial charge is 0.481 e. The molecule has 0 radical (unpaired) electrons. The van der Waals surface area contributed by atoms with E-state index in [2.05, 4.69) is 4.99 Å². The number of allylic oxidation sites excluding steroid dienone is 1. The molecule has 6 heteroatoms. The normalized spacial score (nSPS) is 20.1. The highest BCUT2D eigenvalue weighted by Crippen LogP contribution is 2.39. The van der Waals surface area contributed by atoms with Gasteiger partial charge >= 0.3 is 11.9 Å². The van der Waals surface area contributed by atoms with E-state index in [0.717, 1.165) is 0 Å².